The number of benzene rings is 2. The van der Waals surface area contributed by atoms with Gasteiger partial charge in [-0.1, -0.05) is 41.7 Å². The van der Waals surface area contributed by atoms with E-state index in [0.29, 0.717) is 6.42 Å². The number of guanidine groups is 1. The number of aromatic amines is 1. The van der Waals surface area contributed by atoms with Crippen molar-refractivity contribution < 1.29 is 0 Å². The number of nitrogens with zero attached hydrogens (tertiary/aromatic N) is 4. The molecule has 1 unspecified atom stereocenters. The SMILES string of the molecule is N#CCC1C=CN=C(NCCc2c[nH]c3ccccc23)N1c1nc2ccccc2s1. The number of fused-ring (bicyclic) bond motifs is 2. The minimum atomic E-state index is -0.0938. The minimum absolute atomic E-state index is 0.0938. The number of aromatic nitrogens is 2. The van der Waals surface area contributed by atoms with E-state index in [1.54, 1.807) is 17.5 Å². The third-order valence-corrected chi connectivity index (χ3v) is 6.24. The Kier molecular flexibility index (Phi) is 4.91. The summed E-state index contributed by atoms with van der Waals surface area (Å²) in [5.74, 6) is 0.733. The van der Waals surface area contributed by atoms with Crippen LogP contribution in [0.25, 0.3) is 21.1 Å². The normalized spacial score (nSPS) is 16.0. The predicted molar refractivity (Wildman–Crippen MR) is 123 cm³/mol. The number of thiazole rings is 1. The van der Waals surface area contributed by atoms with Crippen LogP contribution in [0.15, 0.2) is 72.0 Å². The first kappa shape index (κ1) is 18.4. The van der Waals surface area contributed by atoms with Gasteiger partial charge in [-0.15, -0.1) is 0 Å². The molecule has 0 spiro atoms. The Labute approximate surface area is 178 Å². The lowest BCUT2D eigenvalue weighted by molar-refractivity contribution is 0.758. The molecule has 1 aliphatic rings. The van der Waals surface area contributed by atoms with E-state index < -0.39 is 0 Å². The average molecular weight is 413 g/mol. The van der Waals surface area contributed by atoms with Gasteiger partial charge >= 0.3 is 0 Å². The van der Waals surface area contributed by atoms with Crippen LogP contribution in [0.4, 0.5) is 5.13 Å². The molecule has 0 bridgehead atoms. The van der Waals surface area contributed by atoms with Gasteiger partial charge in [-0.3, -0.25) is 4.90 Å². The van der Waals surface area contributed by atoms with Crippen LogP contribution in [0.2, 0.25) is 0 Å². The second-order valence-electron chi connectivity index (χ2n) is 7.09. The standard InChI is InChI=1S/C23H20N6S/c24-12-9-17-11-14-26-22(29(17)23-28-20-7-3-4-8-21(20)30-23)25-13-10-16-15-27-19-6-2-1-5-18(16)19/h1-8,11,14-15,17,27H,9-10,13H2,(H,25,26). The number of nitriles is 1. The highest BCUT2D eigenvalue weighted by molar-refractivity contribution is 7.22. The second-order valence-corrected chi connectivity index (χ2v) is 8.10. The van der Waals surface area contributed by atoms with E-state index in [9.17, 15) is 5.26 Å². The maximum Gasteiger partial charge on any atom is 0.205 e. The number of nitrogens with one attached hydrogen (secondary N) is 2. The topological polar surface area (TPSA) is 80.1 Å². The van der Waals surface area contributed by atoms with Crippen LogP contribution in [0.3, 0.4) is 0 Å². The van der Waals surface area contributed by atoms with E-state index in [4.69, 9.17) is 4.98 Å². The molecule has 0 radical (unpaired) electrons. The summed E-state index contributed by atoms with van der Waals surface area (Å²) in [6.45, 7) is 0.731. The van der Waals surface area contributed by atoms with Crippen molar-refractivity contribution in [2.24, 2.45) is 4.99 Å². The van der Waals surface area contributed by atoms with Crippen LogP contribution in [0.1, 0.15) is 12.0 Å². The number of hydrogen-bond acceptors (Lipinski definition) is 6. The van der Waals surface area contributed by atoms with Crippen LogP contribution in [0.5, 0.6) is 0 Å². The molecule has 6 nitrogen and oxygen atoms in total. The lowest BCUT2D eigenvalue weighted by Crippen LogP contribution is -2.48. The molecule has 30 heavy (non-hydrogen) atoms. The van der Waals surface area contributed by atoms with Gasteiger partial charge in [-0.25, -0.2) is 9.98 Å². The molecule has 2 N–H and O–H groups in total. The second kappa shape index (κ2) is 8.01. The fraction of sp³-hybridized carbons (Fsp3) is 0.174. The molecule has 5 rings (SSSR count). The average Bonchev–Trinajstić information content (AvgIpc) is 3.38. The van der Waals surface area contributed by atoms with Gasteiger partial charge in [0, 0.05) is 29.8 Å². The summed E-state index contributed by atoms with van der Waals surface area (Å²) in [4.78, 5) is 14.7. The van der Waals surface area contributed by atoms with E-state index >= 15 is 0 Å². The smallest absolute Gasteiger partial charge is 0.205 e. The van der Waals surface area contributed by atoms with Gasteiger partial charge in [0.2, 0.25) is 5.96 Å². The Bertz CT molecular complexity index is 1260. The molecule has 0 saturated heterocycles. The largest absolute Gasteiger partial charge is 0.361 e. The van der Waals surface area contributed by atoms with E-state index in [-0.39, 0.29) is 6.04 Å². The van der Waals surface area contributed by atoms with Crippen molar-refractivity contribution in [2.75, 3.05) is 11.4 Å². The number of hydrogen-bond donors (Lipinski definition) is 2. The van der Waals surface area contributed by atoms with E-state index in [1.165, 1.54) is 10.9 Å². The first-order valence-electron chi connectivity index (χ1n) is 9.88. The molecule has 2 aromatic carbocycles. The minimum Gasteiger partial charge on any atom is -0.361 e. The van der Waals surface area contributed by atoms with Crippen molar-refractivity contribution in [3.8, 4) is 6.07 Å². The number of rotatable bonds is 5. The Morgan fingerprint density at radius 2 is 2.03 bits per heavy atom. The van der Waals surface area contributed by atoms with Crippen molar-refractivity contribution in [1.82, 2.24) is 15.3 Å². The van der Waals surface area contributed by atoms with E-state index in [2.05, 4.69) is 51.8 Å². The first-order chi connectivity index (χ1) is 14.8. The highest BCUT2D eigenvalue weighted by atomic mass is 32.1. The van der Waals surface area contributed by atoms with Gasteiger partial charge in [0.1, 0.15) is 0 Å². The summed E-state index contributed by atoms with van der Waals surface area (Å²) < 4.78 is 1.12. The van der Waals surface area contributed by atoms with Crippen molar-refractivity contribution in [2.45, 2.75) is 18.9 Å². The summed E-state index contributed by atoms with van der Waals surface area (Å²) in [6, 6.07) is 18.6. The Morgan fingerprint density at radius 3 is 2.93 bits per heavy atom. The van der Waals surface area contributed by atoms with Crippen molar-refractivity contribution >= 4 is 43.5 Å². The van der Waals surface area contributed by atoms with Gasteiger partial charge in [-0.05, 0) is 36.3 Å². The van der Waals surface area contributed by atoms with E-state index in [1.807, 2.05) is 35.2 Å². The van der Waals surface area contributed by atoms with Crippen LogP contribution in [-0.2, 0) is 6.42 Å². The third kappa shape index (κ3) is 3.42. The van der Waals surface area contributed by atoms with Gasteiger partial charge in [0.05, 0.1) is 28.7 Å². The molecule has 4 aromatic rings. The van der Waals surface area contributed by atoms with E-state index in [0.717, 1.165) is 39.8 Å². The summed E-state index contributed by atoms with van der Waals surface area (Å²) in [5.41, 5.74) is 3.38. The quantitative estimate of drug-likeness (QED) is 0.503. The lowest BCUT2D eigenvalue weighted by Gasteiger charge is -2.31. The molecular formula is C23H20N6S. The number of H-pyrrole nitrogens is 1. The number of anilines is 1. The van der Waals surface area contributed by atoms with Crippen molar-refractivity contribution in [3.63, 3.8) is 0 Å². The summed E-state index contributed by atoms with van der Waals surface area (Å²) in [5, 5.41) is 14.9. The van der Waals surface area contributed by atoms with Gasteiger partial charge in [0.15, 0.2) is 5.13 Å². The fourth-order valence-corrected chi connectivity index (χ4v) is 4.77. The van der Waals surface area contributed by atoms with Gasteiger partial charge in [-0.2, -0.15) is 5.26 Å². The van der Waals surface area contributed by atoms with Crippen LogP contribution in [0, 0.1) is 11.3 Å². The van der Waals surface area contributed by atoms with Gasteiger partial charge < -0.3 is 10.3 Å². The molecule has 1 aliphatic heterocycles. The molecule has 0 fully saturated rings. The summed E-state index contributed by atoms with van der Waals surface area (Å²) >= 11 is 1.62. The molecule has 0 aliphatic carbocycles. The molecule has 1 atom stereocenters. The van der Waals surface area contributed by atoms with Crippen LogP contribution < -0.4 is 10.2 Å². The predicted octanol–water partition coefficient (Wildman–Crippen LogP) is 4.58. The maximum absolute atomic E-state index is 9.32. The maximum atomic E-state index is 9.32. The highest BCUT2D eigenvalue weighted by Gasteiger charge is 2.27. The number of para-hydroxylation sites is 2. The first-order valence-corrected chi connectivity index (χ1v) is 10.7. The Balaban J connectivity index is 1.38. The molecule has 3 heterocycles. The molecule has 2 aromatic heterocycles. The van der Waals surface area contributed by atoms with Crippen molar-refractivity contribution in [3.05, 3.63) is 72.6 Å². The van der Waals surface area contributed by atoms with Crippen LogP contribution in [-0.4, -0.2) is 28.5 Å². The zero-order valence-electron chi connectivity index (χ0n) is 16.2. The van der Waals surface area contributed by atoms with Gasteiger partial charge in [0.25, 0.3) is 0 Å². The zero-order valence-corrected chi connectivity index (χ0v) is 17.1. The summed E-state index contributed by atoms with van der Waals surface area (Å²) in [7, 11) is 0. The zero-order chi connectivity index (χ0) is 20.3. The fourth-order valence-electron chi connectivity index (χ4n) is 3.74. The monoisotopic (exact) mass is 412 g/mol. The highest BCUT2D eigenvalue weighted by Crippen LogP contribution is 2.31. The van der Waals surface area contributed by atoms with Crippen molar-refractivity contribution in [1.29, 1.82) is 5.26 Å². The molecule has 148 valence electrons. The Morgan fingerprint density at radius 1 is 1.17 bits per heavy atom. The lowest BCUT2D eigenvalue weighted by atomic mass is 10.1. The number of aliphatic imine (C=N–C) groups is 1. The molecule has 0 amide bonds. The Hall–Kier alpha value is -3.63. The van der Waals surface area contributed by atoms with Crippen LogP contribution >= 0.6 is 11.3 Å². The molecule has 0 saturated carbocycles. The molecular weight excluding hydrogens is 392 g/mol. The summed E-state index contributed by atoms with van der Waals surface area (Å²) in [6.07, 6.45) is 7.04. The molecule has 7 heteroatoms. The third-order valence-electron chi connectivity index (χ3n) is 5.21.